The number of hydrogen-bond donors (Lipinski definition) is 0. The van der Waals surface area contributed by atoms with Crippen LogP contribution in [0.4, 0.5) is 0 Å². The zero-order chi connectivity index (χ0) is 8.55. The van der Waals surface area contributed by atoms with Crippen LogP contribution in [0, 0.1) is 0 Å². The molecule has 0 amide bonds. The Kier molecular flexibility index (Phi) is 1.57. The fourth-order valence-electron chi connectivity index (χ4n) is 1.36. The predicted octanol–water partition coefficient (Wildman–Crippen LogP) is 1.85. The highest BCUT2D eigenvalue weighted by Crippen LogP contribution is 2.18. The molecule has 0 radical (unpaired) electrons. The smallest absolute Gasteiger partial charge is 0.0899 e. The van der Waals surface area contributed by atoms with Crippen molar-refractivity contribution in [3.8, 4) is 0 Å². The molecule has 62 valence electrons. The van der Waals surface area contributed by atoms with E-state index in [1.165, 1.54) is 5.56 Å². The van der Waals surface area contributed by atoms with E-state index in [1.54, 1.807) is 10.7 Å². The summed E-state index contributed by atoms with van der Waals surface area (Å²) in [4.78, 5) is 0. The van der Waals surface area contributed by atoms with Crippen LogP contribution in [-0.4, -0.2) is 14.8 Å². The van der Waals surface area contributed by atoms with E-state index in [0.717, 1.165) is 5.52 Å². The molecule has 12 heavy (non-hydrogen) atoms. The number of hydrogen-bond acceptors (Lipinski definition) is 2. The second-order valence-electron chi connectivity index (χ2n) is 3.18. The molecule has 0 aliphatic heterocycles. The Morgan fingerprint density at radius 1 is 1.42 bits per heavy atom. The molecular weight excluding hydrogens is 150 g/mol. The van der Waals surface area contributed by atoms with Gasteiger partial charge in [0.15, 0.2) is 0 Å². The van der Waals surface area contributed by atoms with Crippen LogP contribution in [0.15, 0.2) is 24.5 Å². The maximum absolute atomic E-state index is 3.93. The van der Waals surface area contributed by atoms with Crippen molar-refractivity contribution < 1.29 is 0 Å². The lowest BCUT2D eigenvalue weighted by Gasteiger charge is -2.05. The molecule has 0 bridgehead atoms. The van der Waals surface area contributed by atoms with E-state index >= 15 is 0 Å². The molecule has 3 heteroatoms. The molecule has 2 aromatic heterocycles. The molecule has 0 spiro atoms. The fraction of sp³-hybridized carbons (Fsp3) is 0.333. The maximum atomic E-state index is 3.93. The van der Waals surface area contributed by atoms with Gasteiger partial charge in [-0.2, -0.15) is 0 Å². The quantitative estimate of drug-likeness (QED) is 0.639. The Morgan fingerprint density at radius 2 is 2.25 bits per heavy atom. The van der Waals surface area contributed by atoms with Crippen molar-refractivity contribution in [2.45, 2.75) is 19.8 Å². The van der Waals surface area contributed by atoms with Crippen LogP contribution in [0.2, 0.25) is 0 Å². The Balaban J connectivity index is 2.73. The first-order valence-corrected chi connectivity index (χ1v) is 4.08. The van der Waals surface area contributed by atoms with Gasteiger partial charge >= 0.3 is 0 Å². The summed E-state index contributed by atoms with van der Waals surface area (Å²) in [5, 5.41) is 7.79. The summed E-state index contributed by atoms with van der Waals surface area (Å²) in [5.74, 6) is 0.521. The van der Waals surface area contributed by atoms with Crippen molar-refractivity contribution in [1.29, 1.82) is 0 Å². The molecule has 2 aromatic rings. The van der Waals surface area contributed by atoms with Gasteiger partial charge in [0, 0.05) is 6.20 Å². The van der Waals surface area contributed by atoms with Crippen LogP contribution in [0.3, 0.4) is 0 Å². The third kappa shape index (κ3) is 0.978. The van der Waals surface area contributed by atoms with E-state index in [2.05, 4.69) is 30.2 Å². The largest absolute Gasteiger partial charge is 0.220 e. The summed E-state index contributed by atoms with van der Waals surface area (Å²) in [6.07, 6.45) is 3.71. The normalized spacial score (nSPS) is 11.2. The Labute approximate surface area is 71.0 Å². The van der Waals surface area contributed by atoms with Gasteiger partial charge < -0.3 is 0 Å². The van der Waals surface area contributed by atoms with Crippen molar-refractivity contribution >= 4 is 5.52 Å². The summed E-state index contributed by atoms with van der Waals surface area (Å²) in [6.45, 7) is 4.34. The van der Waals surface area contributed by atoms with Crippen LogP contribution in [0.5, 0.6) is 0 Å². The summed E-state index contributed by atoms with van der Waals surface area (Å²) in [7, 11) is 0. The second kappa shape index (κ2) is 2.59. The third-order valence-corrected chi connectivity index (χ3v) is 2.00. The first kappa shape index (κ1) is 7.28. The average Bonchev–Trinajstić information content (AvgIpc) is 2.49. The molecule has 0 saturated heterocycles. The SMILES string of the molecule is CC(C)c1cccn2nncc12. The van der Waals surface area contributed by atoms with Crippen molar-refractivity contribution in [1.82, 2.24) is 14.8 Å². The minimum atomic E-state index is 0.521. The van der Waals surface area contributed by atoms with Crippen LogP contribution in [0.1, 0.15) is 25.3 Å². The van der Waals surface area contributed by atoms with Gasteiger partial charge in [-0.25, -0.2) is 4.52 Å². The van der Waals surface area contributed by atoms with Gasteiger partial charge in [-0.05, 0) is 17.5 Å². The van der Waals surface area contributed by atoms with E-state index in [-0.39, 0.29) is 0 Å². The zero-order valence-corrected chi connectivity index (χ0v) is 7.23. The molecule has 3 nitrogen and oxygen atoms in total. The van der Waals surface area contributed by atoms with Gasteiger partial charge in [0.25, 0.3) is 0 Å². The summed E-state index contributed by atoms with van der Waals surface area (Å²) >= 11 is 0. The van der Waals surface area contributed by atoms with Crippen molar-refractivity contribution in [3.63, 3.8) is 0 Å². The molecule has 2 heterocycles. The van der Waals surface area contributed by atoms with Crippen LogP contribution < -0.4 is 0 Å². The first-order chi connectivity index (χ1) is 5.79. The van der Waals surface area contributed by atoms with Crippen molar-refractivity contribution in [2.75, 3.05) is 0 Å². The molecule has 0 atom stereocenters. The van der Waals surface area contributed by atoms with Crippen LogP contribution >= 0.6 is 0 Å². The van der Waals surface area contributed by atoms with Gasteiger partial charge in [0.1, 0.15) is 0 Å². The van der Waals surface area contributed by atoms with Gasteiger partial charge in [-0.3, -0.25) is 0 Å². The van der Waals surface area contributed by atoms with Gasteiger partial charge in [-0.1, -0.05) is 25.1 Å². The lowest BCUT2D eigenvalue weighted by molar-refractivity contribution is 0.828. The monoisotopic (exact) mass is 161 g/mol. The van der Waals surface area contributed by atoms with Gasteiger partial charge in [0.2, 0.25) is 0 Å². The first-order valence-electron chi connectivity index (χ1n) is 4.08. The highest BCUT2D eigenvalue weighted by molar-refractivity contribution is 5.53. The molecule has 0 fully saturated rings. The molecule has 0 saturated carbocycles. The standard InChI is InChI=1S/C9H11N3/c1-7(2)8-4-3-5-12-9(8)6-10-11-12/h3-7H,1-2H3. The number of nitrogens with zero attached hydrogens (tertiary/aromatic N) is 3. The molecular formula is C9H11N3. The summed E-state index contributed by atoms with van der Waals surface area (Å²) in [5.41, 5.74) is 2.40. The van der Waals surface area contributed by atoms with Crippen molar-refractivity contribution in [3.05, 3.63) is 30.1 Å². The molecule has 0 aliphatic carbocycles. The Morgan fingerprint density at radius 3 is 3.00 bits per heavy atom. The molecule has 0 N–H and O–H groups in total. The topological polar surface area (TPSA) is 30.2 Å². The summed E-state index contributed by atoms with van der Waals surface area (Å²) in [6, 6.07) is 4.11. The number of rotatable bonds is 1. The second-order valence-corrected chi connectivity index (χ2v) is 3.18. The molecule has 0 aromatic carbocycles. The van der Waals surface area contributed by atoms with Crippen LogP contribution in [-0.2, 0) is 0 Å². The molecule has 0 aliphatic rings. The number of aromatic nitrogens is 3. The van der Waals surface area contributed by atoms with E-state index in [0.29, 0.717) is 5.92 Å². The Bertz CT molecular complexity index is 389. The minimum absolute atomic E-state index is 0.521. The lowest BCUT2D eigenvalue weighted by atomic mass is 10.0. The zero-order valence-electron chi connectivity index (χ0n) is 7.23. The number of pyridine rings is 1. The van der Waals surface area contributed by atoms with E-state index < -0.39 is 0 Å². The van der Waals surface area contributed by atoms with Gasteiger partial charge in [0.05, 0.1) is 11.7 Å². The predicted molar refractivity (Wildman–Crippen MR) is 47.1 cm³/mol. The minimum Gasteiger partial charge on any atom is -0.220 e. The van der Waals surface area contributed by atoms with Crippen molar-refractivity contribution in [2.24, 2.45) is 0 Å². The van der Waals surface area contributed by atoms with E-state index in [1.807, 2.05) is 12.3 Å². The van der Waals surface area contributed by atoms with E-state index in [4.69, 9.17) is 0 Å². The maximum Gasteiger partial charge on any atom is 0.0899 e. The highest BCUT2D eigenvalue weighted by Gasteiger charge is 2.04. The molecule has 0 unspecified atom stereocenters. The van der Waals surface area contributed by atoms with Gasteiger partial charge in [-0.15, -0.1) is 5.10 Å². The highest BCUT2D eigenvalue weighted by atomic mass is 15.4. The lowest BCUT2D eigenvalue weighted by Crippen LogP contribution is -1.93. The fourth-order valence-corrected chi connectivity index (χ4v) is 1.36. The Hall–Kier alpha value is -1.38. The number of fused-ring (bicyclic) bond motifs is 1. The third-order valence-electron chi connectivity index (χ3n) is 2.00. The molecule has 2 rings (SSSR count). The summed E-state index contributed by atoms with van der Waals surface area (Å²) < 4.78 is 1.80. The van der Waals surface area contributed by atoms with Crippen LogP contribution in [0.25, 0.3) is 5.52 Å². The van der Waals surface area contributed by atoms with E-state index in [9.17, 15) is 0 Å². The average molecular weight is 161 g/mol.